The van der Waals surface area contributed by atoms with Gasteiger partial charge in [0, 0.05) is 13.1 Å². The molecule has 0 saturated heterocycles. The first-order chi connectivity index (χ1) is 11.0. The molecular formula is C19H20N2O2. The summed E-state index contributed by atoms with van der Waals surface area (Å²) in [4.78, 5) is 10.7. The average Bonchev–Trinajstić information content (AvgIpc) is 2.50. The largest absolute Gasteiger partial charge is 0.481 e. The van der Waals surface area contributed by atoms with Gasteiger partial charge in [-0.2, -0.15) is 5.26 Å². The van der Waals surface area contributed by atoms with Crippen molar-refractivity contribution in [3.63, 3.8) is 0 Å². The molecule has 0 bridgehead atoms. The number of rotatable bonds is 6. The van der Waals surface area contributed by atoms with Crippen molar-refractivity contribution in [2.24, 2.45) is 0 Å². The van der Waals surface area contributed by atoms with Crippen LogP contribution in [0, 0.1) is 25.2 Å². The lowest BCUT2D eigenvalue weighted by Gasteiger charge is -2.12. The van der Waals surface area contributed by atoms with Crippen molar-refractivity contribution >= 4 is 5.97 Å². The Morgan fingerprint density at radius 2 is 1.65 bits per heavy atom. The first-order valence-electron chi connectivity index (χ1n) is 7.50. The molecule has 118 valence electrons. The van der Waals surface area contributed by atoms with Crippen molar-refractivity contribution in [3.05, 3.63) is 69.8 Å². The molecule has 2 aromatic rings. The first kappa shape index (κ1) is 16.7. The maximum absolute atomic E-state index is 10.7. The fourth-order valence-corrected chi connectivity index (χ4v) is 2.62. The van der Waals surface area contributed by atoms with E-state index in [-0.39, 0.29) is 6.42 Å². The van der Waals surface area contributed by atoms with Crippen molar-refractivity contribution in [2.45, 2.75) is 33.4 Å². The maximum Gasteiger partial charge on any atom is 0.307 e. The number of carboxylic acids is 1. The zero-order valence-corrected chi connectivity index (χ0v) is 13.4. The van der Waals surface area contributed by atoms with E-state index in [0.29, 0.717) is 12.1 Å². The topological polar surface area (TPSA) is 73.1 Å². The minimum Gasteiger partial charge on any atom is -0.481 e. The number of nitrogens with zero attached hydrogens (tertiary/aromatic N) is 1. The molecule has 2 N–H and O–H groups in total. The van der Waals surface area contributed by atoms with E-state index < -0.39 is 5.97 Å². The monoisotopic (exact) mass is 308 g/mol. The SMILES string of the molecule is Cc1cc(C#N)cc(C)c1CNCc1ccc(CC(=O)O)cc1. The number of hydrogen-bond acceptors (Lipinski definition) is 3. The maximum atomic E-state index is 10.7. The normalized spacial score (nSPS) is 10.3. The average molecular weight is 308 g/mol. The second-order valence-corrected chi connectivity index (χ2v) is 5.69. The summed E-state index contributed by atoms with van der Waals surface area (Å²) in [5, 5.41) is 21.1. The molecule has 4 heteroatoms. The fourth-order valence-electron chi connectivity index (χ4n) is 2.62. The molecule has 0 unspecified atom stereocenters. The van der Waals surface area contributed by atoms with E-state index in [1.54, 1.807) is 0 Å². The molecule has 0 amide bonds. The van der Waals surface area contributed by atoms with E-state index in [1.165, 1.54) is 5.56 Å². The van der Waals surface area contributed by atoms with Crippen LogP contribution in [0.1, 0.15) is 33.4 Å². The highest BCUT2D eigenvalue weighted by molar-refractivity contribution is 5.70. The standard InChI is InChI=1S/C19H20N2O2/c1-13-7-17(10-20)8-14(2)18(13)12-21-11-16-5-3-15(4-6-16)9-19(22)23/h3-8,21H,9,11-12H2,1-2H3,(H,22,23). The van der Waals surface area contributed by atoms with Crippen LogP contribution in [-0.4, -0.2) is 11.1 Å². The third-order valence-electron chi connectivity index (χ3n) is 3.83. The van der Waals surface area contributed by atoms with Gasteiger partial charge < -0.3 is 10.4 Å². The molecule has 0 aliphatic rings. The van der Waals surface area contributed by atoms with E-state index in [9.17, 15) is 4.79 Å². The van der Waals surface area contributed by atoms with Crippen LogP contribution in [0.25, 0.3) is 0 Å². The third kappa shape index (κ3) is 4.67. The molecule has 0 radical (unpaired) electrons. The van der Waals surface area contributed by atoms with Crippen LogP contribution in [0.15, 0.2) is 36.4 Å². The zero-order chi connectivity index (χ0) is 16.8. The molecule has 0 heterocycles. The quantitative estimate of drug-likeness (QED) is 0.860. The Bertz CT molecular complexity index is 720. The van der Waals surface area contributed by atoms with Crippen LogP contribution in [-0.2, 0) is 24.3 Å². The van der Waals surface area contributed by atoms with E-state index in [0.717, 1.165) is 28.8 Å². The summed E-state index contributed by atoms with van der Waals surface area (Å²) in [6, 6.07) is 13.6. The van der Waals surface area contributed by atoms with Gasteiger partial charge in [0.2, 0.25) is 0 Å². The van der Waals surface area contributed by atoms with Gasteiger partial charge in [0.25, 0.3) is 0 Å². The lowest BCUT2D eigenvalue weighted by Crippen LogP contribution is -2.14. The predicted molar refractivity (Wildman–Crippen MR) is 89.0 cm³/mol. The number of nitriles is 1. The van der Waals surface area contributed by atoms with Crippen LogP contribution in [0.3, 0.4) is 0 Å². The second-order valence-electron chi connectivity index (χ2n) is 5.69. The molecular weight excluding hydrogens is 288 g/mol. The van der Waals surface area contributed by atoms with E-state index in [4.69, 9.17) is 10.4 Å². The Kier molecular flexibility index (Phi) is 5.51. The molecule has 0 spiro atoms. The Morgan fingerprint density at radius 1 is 1.09 bits per heavy atom. The second kappa shape index (κ2) is 7.57. The Morgan fingerprint density at radius 3 is 2.17 bits per heavy atom. The molecule has 0 aliphatic heterocycles. The number of aryl methyl sites for hydroxylation is 2. The summed E-state index contributed by atoms with van der Waals surface area (Å²) >= 11 is 0. The van der Waals surface area contributed by atoms with Crippen LogP contribution in [0.2, 0.25) is 0 Å². The summed E-state index contributed by atoms with van der Waals surface area (Å²) < 4.78 is 0. The lowest BCUT2D eigenvalue weighted by atomic mass is 9.99. The Balaban J connectivity index is 1.95. The summed E-state index contributed by atoms with van der Waals surface area (Å²) in [5.74, 6) is -0.817. The highest BCUT2D eigenvalue weighted by Gasteiger charge is 2.05. The molecule has 0 fully saturated rings. The van der Waals surface area contributed by atoms with Crippen LogP contribution in [0.5, 0.6) is 0 Å². The van der Waals surface area contributed by atoms with E-state index in [2.05, 4.69) is 11.4 Å². The van der Waals surface area contributed by atoms with Gasteiger partial charge in [0.1, 0.15) is 0 Å². The molecule has 0 aliphatic carbocycles. The number of hydrogen-bond donors (Lipinski definition) is 2. The lowest BCUT2D eigenvalue weighted by molar-refractivity contribution is -0.136. The van der Waals surface area contributed by atoms with Gasteiger partial charge in [-0.25, -0.2) is 0 Å². The molecule has 2 aromatic carbocycles. The summed E-state index contributed by atoms with van der Waals surface area (Å²) in [6.07, 6.45) is 0.0529. The van der Waals surface area contributed by atoms with Gasteiger partial charge in [-0.05, 0) is 53.8 Å². The van der Waals surface area contributed by atoms with Crippen molar-refractivity contribution in [2.75, 3.05) is 0 Å². The fraction of sp³-hybridized carbons (Fsp3) is 0.263. The van der Waals surface area contributed by atoms with Gasteiger partial charge in [-0.1, -0.05) is 24.3 Å². The Hall–Kier alpha value is -2.64. The minimum atomic E-state index is -0.817. The van der Waals surface area contributed by atoms with E-state index in [1.807, 2.05) is 50.2 Å². The third-order valence-corrected chi connectivity index (χ3v) is 3.83. The number of benzene rings is 2. The van der Waals surface area contributed by atoms with Crippen molar-refractivity contribution < 1.29 is 9.90 Å². The molecule has 2 rings (SSSR count). The van der Waals surface area contributed by atoms with Gasteiger partial charge in [0.05, 0.1) is 18.1 Å². The summed E-state index contributed by atoms with van der Waals surface area (Å²) in [7, 11) is 0. The first-order valence-corrected chi connectivity index (χ1v) is 7.50. The molecule has 4 nitrogen and oxygen atoms in total. The van der Waals surface area contributed by atoms with Gasteiger partial charge in [0.15, 0.2) is 0 Å². The van der Waals surface area contributed by atoms with Crippen molar-refractivity contribution in [3.8, 4) is 6.07 Å². The van der Waals surface area contributed by atoms with Gasteiger partial charge >= 0.3 is 5.97 Å². The van der Waals surface area contributed by atoms with Gasteiger partial charge in [-0.15, -0.1) is 0 Å². The highest BCUT2D eigenvalue weighted by Crippen LogP contribution is 2.16. The Labute approximate surface area is 136 Å². The number of aliphatic carboxylic acids is 1. The molecule has 0 saturated carbocycles. The minimum absolute atomic E-state index is 0.0529. The van der Waals surface area contributed by atoms with Gasteiger partial charge in [-0.3, -0.25) is 4.79 Å². The predicted octanol–water partition coefficient (Wildman–Crippen LogP) is 3.09. The molecule has 23 heavy (non-hydrogen) atoms. The smallest absolute Gasteiger partial charge is 0.307 e. The zero-order valence-electron chi connectivity index (χ0n) is 13.4. The van der Waals surface area contributed by atoms with Crippen LogP contribution < -0.4 is 5.32 Å². The highest BCUT2D eigenvalue weighted by atomic mass is 16.4. The van der Waals surface area contributed by atoms with E-state index >= 15 is 0 Å². The van der Waals surface area contributed by atoms with Crippen molar-refractivity contribution in [1.29, 1.82) is 5.26 Å². The summed E-state index contributed by atoms with van der Waals surface area (Å²) in [5.41, 5.74) is 6.06. The molecule has 0 atom stereocenters. The molecule has 0 aromatic heterocycles. The number of nitrogens with one attached hydrogen (secondary N) is 1. The summed E-state index contributed by atoms with van der Waals surface area (Å²) in [6.45, 7) is 5.49. The van der Waals surface area contributed by atoms with Crippen LogP contribution >= 0.6 is 0 Å². The number of carbonyl (C=O) groups is 1. The number of carboxylic acid groups (broad SMARTS) is 1. The van der Waals surface area contributed by atoms with Crippen LogP contribution in [0.4, 0.5) is 0 Å². The van der Waals surface area contributed by atoms with Crippen molar-refractivity contribution in [1.82, 2.24) is 5.32 Å².